The number of hydrogen-bond donors (Lipinski definition) is 0. The van der Waals surface area contributed by atoms with E-state index in [0.717, 1.165) is 16.5 Å². The SMILES string of the molecule is COc1ccc(-c2cc(C(F)(F)F)c(C#N)c(SC3CC(=O)N(c4ccc(C(=O)OCC(=O)c5ccc(C)cc5)cc4)C3=O)n2)cc1. The minimum Gasteiger partial charge on any atom is -0.497 e. The molecule has 238 valence electrons. The van der Waals surface area contributed by atoms with Gasteiger partial charge in [-0.15, -0.1) is 0 Å². The van der Waals surface area contributed by atoms with Crippen LogP contribution < -0.4 is 9.64 Å². The Morgan fingerprint density at radius 1 is 1.00 bits per heavy atom. The van der Waals surface area contributed by atoms with Gasteiger partial charge in [-0.05, 0) is 61.5 Å². The Kier molecular flexibility index (Phi) is 9.44. The van der Waals surface area contributed by atoms with E-state index in [-0.39, 0.29) is 28.4 Å². The third kappa shape index (κ3) is 7.18. The first-order chi connectivity index (χ1) is 22.4. The van der Waals surface area contributed by atoms with Crippen LogP contribution in [0.1, 0.15) is 43.8 Å². The van der Waals surface area contributed by atoms with Crippen molar-refractivity contribution in [2.45, 2.75) is 29.8 Å². The molecule has 1 saturated heterocycles. The smallest absolute Gasteiger partial charge is 0.417 e. The summed E-state index contributed by atoms with van der Waals surface area (Å²) < 4.78 is 52.4. The molecule has 3 aromatic carbocycles. The molecule has 0 saturated carbocycles. The predicted molar refractivity (Wildman–Crippen MR) is 165 cm³/mol. The number of thioether (sulfide) groups is 1. The number of hydrogen-bond acceptors (Lipinski definition) is 9. The zero-order chi connectivity index (χ0) is 33.9. The lowest BCUT2D eigenvalue weighted by Crippen LogP contribution is -2.31. The lowest BCUT2D eigenvalue weighted by atomic mass is 10.1. The van der Waals surface area contributed by atoms with Crippen molar-refractivity contribution < 1.29 is 41.8 Å². The second-order valence-corrected chi connectivity index (χ2v) is 11.6. The van der Waals surface area contributed by atoms with Gasteiger partial charge in [0.15, 0.2) is 12.4 Å². The highest BCUT2D eigenvalue weighted by molar-refractivity contribution is 8.00. The number of ether oxygens (including phenoxy) is 2. The normalized spacial score (nSPS) is 14.6. The van der Waals surface area contributed by atoms with E-state index >= 15 is 0 Å². The maximum absolute atomic E-state index is 14.0. The molecule has 1 atom stereocenters. The van der Waals surface area contributed by atoms with Crippen LogP contribution in [0.4, 0.5) is 18.9 Å². The first kappa shape index (κ1) is 32.9. The molecule has 4 aromatic rings. The minimum atomic E-state index is -4.90. The molecule has 0 N–H and O–H groups in total. The highest BCUT2D eigenvalue weighted by Crippen LogP contribution is 2.41. The Hall–Kier alpha value is -5.48. The van der Waals surface area contributed by atoms with Crippen LogP contribution in [-0.2, 0) is 20.5 Å². The quantitative estimate of drug-likeness (QED) is 0.114. The van der Waals surface area contributed by atoms with Gasteiger partial charge >= 0.3 is 12.1 Å². The summed E-state index contributed by atoms with van der Waals surface area (Å²) in [5, 5.41) is 8.16. The number of ketones is 1. The van der Waals surface area contributed by atoms with Crippen LogP contribution in [0.3, 0.4) is 0 Å². The number of aryl methyl sites for hydroxylation is 1. The summed E-state index contributed by atoms with van der Waals surface area (Å²) in [7, 11) is 1.44. The monoisotopic (exact) mass is 659 g/mol. The van der Waals surface area contributed by atoms with Crippen LogP contribution in [0.5, 0.6) is 5.75 Å². The molecule has 1 aliphatic rings. The number of pyridine rings is 1. The molecule has 0 radical (unpaired) electrons. The maximum Gasteiger partial charge on any atom is 0.417 e. The van der Waals surface area contributed by atoms with Gasteiger partial charge < -0.3 is 9.47 Å². The number of carbonyl (C=O) groups excluding carboxylic acids is 4. The van der Waals surface area contributed by atoms with Crippen molar-refractivity contribution in [2.24, 2.45) is 0 Å². The largest absolute Gasteiger partial charge is 0.497 e. The molecule has 5 rings (SSSR count). The Morgan fingerprint density at radius 2 is 1.64 bits per heavy atom. The lowest BCUT2D eigenvalue weighted by molar-refractivity contribution is -0.138. The van der Waals surface area contributed by atoms with E-state index in [1.165, 1.54) is 43.5 Å². The number of carbonyl (C=O) groups is 4. The average molecular weight is 660 g/mol. The zero-order valence-corrected chi connectivity index (χ0v) is 25.6. The van der Waals surface area contributed by atoms with E-state index < -0.39 is 52.7 Å². The Bertz CT molecular complexity index is 1900. The lowest BCUT2D eigenvalue weighted by Gasteiger charge is -2.17. The molecule has 0 spiro atoms. The van der Waals surface area contributed by atoms with Gasteiger partial charge in [-0.2, -0.15) is 18.4 Å². The van der Waals surface area contributed by atoms with Crippen molar-refractivity contribution in [1.82, 2.24) is 4.98 Å². The third-order valence-corrected chi connectivity index (χ3v) is 8.39. The first-order valence-corrected chi connectivity index (χ1v) is 14.8. The molecule has 2 heterocycles. The van der Waals surface area contributed by atoms with Gasteiger partial charge in [0.05, 0.1) is 40.4 Å². The number of methoxy groups -OCH3 is 1. The molecule has 0 bridgehead atoms. The Labute approximate surface area is 270 Å². The molecule has 1 aromatic heterocycles. The van der Waals surface area contributed by atoms with Crippen molar-refractivity contribution in [3.63, 3.8) is 0 Å². The maximum atomic E-state index is 14.0. The van der Waals surface area contributed by atoms with Crippen molar-refractivity contribution in [2.75, 3.05) is 18.6 Å². The van der Waals surface area contributed by atoms with E-state index in [0.29, 0.717) is 28.6 Å². The molecule has 2 amide bonds. The standard InChI is InChI=1S/C34H24F3N3O6S/c1-19-3-5-21(6-4-19)28(41)18-46-33(44)22-7-11-23(12-8-22)40-30(42)16-29(32(40)43)47-31-25(17-38)26(34(35,36)37)15-27(39-31)20-9-13-24(45-2)14-10-20/h3-15,29H,16,18H2,1-2H3. The highest BCUT2D eigenvalue weighted by atomic mass is 32.2. The summed E-state index contributed by atoms with van der Waals surface area (Å²) in [6.07, 6.45) is -5.27. The van der Waals surface area contributed by atoms with E-state index in [1.54, 1.807) is 42.5 Å². The fourth-order valence-electron chi connectivity index (χ4n) is 4.73. The van der Waals surface area contributed by atoms with Gasteiger partial charge in [-0.3, -0.25) is 14.4 Å². The van der Waals surface area contributed by atoms with Gasteiger partial charge in [-0.1, -0.05) is 41.6 Å². The van der Waals surface area contributed by atoms with Gasteiger partial charge in [0, 0.05) is 17.5 Å². The molecular weight excluding hydrogens is 635 g/mol. The Morgan fingerprint density at radius 3 is 2.23 bits per heavy atom. The number of halogens is 3. The number of nitriles is 1. The summed E-state index contributed by atoms with van der Waals surface area (Å²) in [4.78, 5) is 56.3. The molecule has 1 unspecified atom stereocenters. The van der Waals surface area contributed by atoms with Crippen LogP contribution in [0, 0.1) is 18.3 Å². The number of imide groups is 1. The van der Waals surface area contributed by atoms with E-state index in [2.05, 4.69) is 4.98 Å². The van der Waals surface area contributed by atoms with Gasteiger partial charge in [0.1, 0.15) is 16.8 Å². The summed E-state index contributed by atoms with van der Waals surface area (Å²) >= 11 is 0.599. The number of benzene rings is 3. The number of nitrogens with zero attached hydrogens (tertiary/aromatic N) is 3. The molecule has 13 heteroatoms. The first-order valence-electron chi connectivity index (χ1n) is 14.0. The second kappa shape index (κ2) is 13.5. The van der Waals surface area contributed by atoms with Crippen LogP contribution >= 0.6 is 11.8 Å². The van der Waals surface area contributed by atoms with Gasteiger partial charge in [-0.25, -0.2) is 14.7 Å². The van der Waals surface area contributed by atoms with Crippen LogP contribution in [0.2, 0.25) is 0 Å². The average Bonchev–Trinajstić information content (AvgIpc) is 3.34. The molecule has 9 nitrogen and oxygen atoms in total. The molecule has 1 fully saturated rings. The topological polar surface area (TPSA) is 127 Å². The summed E-state index contributed by atoms with van der Waals surface area (Å²) in [5.41, 5.74) is -0.218. The molecule has 47 heavy (non-hydrogen) atoms. The van der Waals surface area contributed by atoms with E-state index in [4.69, 9.17) is 9.47 Å². The van der Waals surface area contributed by atoms with Crippen molar-refractivity contribution in [3.05, 3.63) is 107 Å². The number of amides is 2. The van der Waals surface area contributed by atoms with E-state index in [9.17, 15) is 37.6 Å². The van der Waals surface area contributed by atoms with Crippen molar-refractivity contribution in [3.8, 4) is 23.1 Å². The number of Topliss-reactive ketones (excluding diaryl/α,β-unsaturated/α-hetero) is 1. The third-order valence-electron chi connectivity index (χ3n) is 7.22. The van der Waals surface area contributed by atoms with Gasteiger partial charge in [0.25, 0.3) is 0 Å². The second-order valence-electron chi connectivity index (χ2n) is 10.4. The predicted octanol–water partition coefficient (Wildman–Crippen LogP) is 6.42. The zero-order valence-electron chi connectivity index (χ0n) is 24.8. The van der Waals surface area contributed by atoms with Crippen molar-refractivity contribution >= 4 is 41.0 Å². The van der Waals surface area contributed by atoms with Crippen molar-refractivity contribution in [1.29, 1.82) is 5.26 Å². The minimum absolute atomic E-state index is 0.0633. The Balaban J connectivity index is 1.33. The van der Waals surface area contributed by atoms with Crippen LogP contribution in [-0.4, -0.2) is 47.5 Å². The number of rotatable bonds is 9. The summed E-state index contributed by atoms with van der Waals surface area (Å²) in [5.74, 6) is -2.07. The number of esters is 1. The fourth-order valence-corrected chi connectivity index (χ4v) is 5.86. The summed E-state index contributed by atoms with van der Waals surface area (Å²) in [6.45, 7) is 1.39. The fraction of sp³-hybridized carbons (Fsp3) is 0.176. The van der Waals surface area contributed by atoms with Gasteiger partial charge in [0.2, 0.25) is 11.8 Å². The molecular formula is C34H24F3N3O6S. The van der Waals surface area contributed by atoms with Crippen LogP contribution in [0.25, 0.3) is 11.3 Å². The number of alkyl halides is 3. The number of aromatic nitrogens is 1. The molecule has 0 aliphatic carbocycles. The van der Waals surface area contributed by atoms with Crippen LogP contribution in [0.15, 0.2) is 83.9 Å². The molecule has 1 aliphatic heterocycles. The highest BCUT2D eigenvalue weighted by Gasteiger charge is 2.42. The summed E-state index contributed by atoms with van der Waals surface area (Å²) in [6, 6.07) is 20.5. The number of anilines is 1. The van der Waals surface area contributed by atoms with E-state index in [1.807, 2.05) is 6.92 Å².